The molecule has 0 aliphatic rings. The first-order valence-corrected chi connectivity index (χ1v) is 7.44. The molecule has 1 atom stereocenters. The highest BCUT2D eigenvalue weighted by Crippen LogP contribution is 2.30. The number of halogens is 2. The van der Waals surface area contributed by atoms with Gasteiger partial charge in [0.05, 0.1) is 25.3 Å². The van der Waals surface area contributed by atoms with Crippen molar-refractivity contribution in [3.63, 3.8) is 0 Å². The Labute approximate surface area is 137 Å². The zero-order valence-electron chi connectivity index (χ0n) is 11.2. The summed E-state index contributed by atoms with van der Waals surface area (Å²) in [5.41, 5.74) is 8.18. The zero-order chi connectivity index (χ0) is 14.7. The fourth-order valence-corrected chi connectivity index (χ4v) is 2.43. The summed E-state index contributed by atoms with van der Waals surface area (Å²) in [6.07, 6.45) is 0. The topological polar surface area (TPSA) is 44.5 Å². The molecule has 2 aromatic carbocycles. The molecule has 0 spiro atoms. The van der Waals surface area contributed by atoms with Crippen molar-refractivity contribution in [1.29, 1.82) is 0 Å². The van der Waals surface area contributed by atoms with Crippen LogP contribution >= 0.6 is 34.2 Å². The summed E-state index contributed by atoms with van der Waals surface area (Å²) in [6.45, 7) is 0. The van der Waals surface area contributed by atoms with E-state index in [0.717, 1.165) is 14.7 Å². The Morgan fingerprint density at radius 1 is 1.00 bits per heavy atom. The Bertz CT molecular complexity index is 597. The average Bonchev–Trinajstić information content (AvgIpc) is 2.48. The first kappa shape index (κ1) is 15.4. The smallest absolute Gasteiger partial charge is 0.122 e. The van der Waals surface area contributed by atoms with Gasteiger partial charge in [0.1, 0.15) is 11.5 Å². The molecule has 0 aliphatic heterocycles. The van der Waals surface area contributed by atoms with Crippen molar-refractivity contribution in [2.24, 2.45) is 5.73 Å². The summed E-state index contributed by atoms with van der Waals surface area (Å²) < 4.78 is 11.5. The second-order valence-electron chi connectivity index (χ2n) is 4.30. The van der Waals surface area contributed by atoms with Gasteiger partial charge >= 0.3 is 0 Å². The number of ether oxygens (including phenoxy) is 2. The van der Waals surface area contributed by atoms with Gasteiger partial charge in [-0.1, -0.05) is 17.7 Å². The summed E-state index contributed by atoms with van der Waals surface area (Å²) in [6, 6.07) is 11.2. The van der Waals surface area contributed by atoms with Gasteiger partial charge in [0.2, 0.25) is 0 Å². The predicted molar refractivity (Wildman–Crippen MR) is 89.7 cm³/mol. The van der Waals surface area contributed by atoms with Crippen molar-refractivity contribution in [2.45, 2.75) is 6.04 Å². The van der Waals surface area contributed by atoms with Crippen LogP contribution in [0, 0.1) is 3.57 Å². The highest BCUT2D eigenvalue weighted by Gasteiger charge is 2.13. The molecule has 5 heteroatoms. The second kappa shape index (κ2) is 6.65. The maximum Gasteiger partial charge on any atom is 0.122 e. The van der Waals surface area contributed by atoms with Crippen molar-refractivity contribution >= 4 is 34.2 Å². The highest BCUT2D eigenvalue weighted by molar-refractivity contribution is 14.1. The second-order valence-corrected chi connectivity index (χ2v) is 5.87. The molecule has 1 unspecified atom stereocenters. The van der Waals surface area contributed by atoms with Crippen molar-refractivity contribution in [2.75, 3.05) is 14.2 Å². The van der Waals surface area contributed by atoms with Crippen LogP contribution < -0.4 is 15.2 Å². The number of hydrogen-bond acceptors (Lipinski definition) is 3. The van der Waals surface area contributed by atoms with E-state index in [1.54, 1.807) is 14.2 Å². The van der Waals surface area contributed by atoms with Crippen LogP contribution in [-0.4, -0.2) is 14.2 Å². The summed E-state index contributed by atoms with van der Waals surface area (Å²) >= 11 is 8.34. The molecule has 0 amide bonds. The summed E-state index contributed by atoms with van der Waals surface area (Å²) in [4.78, 5) is 0. The Hall–Kier alpha value is -0.980. The molecule has 0 saturated heterocycles. The van der Waals surface area contributed by atoms with E-state index >= 15 is 0 Å². The maximum absolute atomic E-state index is 6.31. The van der Waals surface area contributed by atoms with Crippen molar-refractivity contribution in [3.8, 4) is 11.5 Å². The van der Waals surface area contributed by atoms with Crippen LogP contribution in [0.15, 0.2) is 36.4 Å². The SMILES string of the molecule is COc1cc(OC)cc(C(N)c2ccc(I)c(Cl)c2)c1. The lowest BCUT2D eigenvalue weighted by atomic mass is 9.99. The van der Waals surface area contributed by atoms with Crippen LogP contribution in [0.3, 0.4) is 0 Å². The van der Waals surface area contributed by atoms with Crippen LogP contribution in [0.4, 0.5) is 0 Å². The van der Waals surface area contributed by atoms with Crippen LogP contribution in [0.2, 0.25) is 5.02 Å². The third-order valence-corrected chi connectivity index (χ3v) is 4.61. The molecule has 2 N–H and O–H groups in total. The number of hydrogen-bond donors (Lipinski definition) is 1. The predicted octanol–water partition coefficient (Wildman–Crippen LogP) is 4.01. The van der Waals surface area contributed by atoms with Gasteiger partial charge < -0.3 is 15.2 Å². The fraction of sp³-hybridized carbons (Fsp3) is 0.200. The van der Waals surface area contributed by atoms with E-state index in [9.17, 15) is 0 Å². The Morgan fingerprint density at radius 2 is 1.60 bits per heavy atom. The maximum atomic E-state index is 6.31. The van der Waals surface area contributed by atoms with Gasteiger partial charge in [0.15, 0.2) is 0 Å². The molecule has 0 bridgehead atoms. The quantitative estimate of drug-likeness (QED) is 0.785. The Morgan fingerprint density at radius 3 is 2.10 bits per heavy atom. The van der Waals surface area contributed by atoms with Crippen LogP contribution in [-0.2, 0) is 0 Å². The molecule has 2 rings (SSSR count). The normalized spacial score (nSPS) is 12.1. The number of nitrogens with two attached hydrogens (primary N) is 1. The lowest BCUT2D eigenvalue weighted by Crippen LogP contribution is -2.12. The minimum atomic E-state index is -0.284. The van der Waals surface area contributed by atoms with Crippen molar-refractivity contribution in [3.05, 3.63) is 56.1 Å². The largest absolute Gasteiger partial charge is 0.497 e. The monoisotopic (exact) mass is 403 g/mol. The van der Waals surface area contributed by atoms with E-state index in [1.807, 2.05) is 36.4 Å². The standard InChI is InChI=1S/C15H15ClINO2/c1-19-11-5-10(6-12(8-11)20-2)15(18)9-3-4-14(17)13(16)7-9/h3-8,15H,18H2,1-2H3. The van der Waals surface area contributed by atoms with Gasteiger partial charge in [-0.2, -0.15) is 0 Å². The zero-order valence-corrected chi connectivity index (χ0v) is 14.1. The van der Waals surface area contributed by atoms with E-state index in [0.29, 0.717) is 16.5 Å². The summed E-state index contributed by atoms with van der Waals surface area (Å²) in [7, 11) is 3.23. The first-order valence-electron chi connectivity index (χ1n) is 5.98. The van der Waals surface area contributed by atoms with E-state index in [2.05, 4.69) is 22.6 Å². The molecule has 2 aromatic rings. The third kappa shape index (κ3) is 3.37. The van der Waals surface area contributed by atoms with Crippen LogP contribution in [0.1, 0.15) is 17.2 Å². The van der Waals surface area contributed by atoms with Crippen molar-refractivity contribution in [1.82, 2.24) is 0 Å². The van der Waals surface area contributed by atoms with E-state index in [1.165, 1.54) is 0 Å². The van der Waals surface area contributed by atoms with Gasteiger partial charge in [0.25, 0.3) is 0 Å². The van der Waals surface area contributed by atoms with Gasteiger partial charge in [-0.25, -0.2) is 0 Å². The lowest BCUT2D eigenvalue weighted by molar-refractivity contribution is 0.393. The van der Waals surface area contributed by atoms with Gasteiger partial charge in [0, 0.05) is 9.64 Å². The van der Waals surface area contributed by atoms with E-state index in [4.69, 9.17) is 26.8 Å². The average molecular weight is 404 g/mol. The molecular formula is C15H15ClINO2. The Balaban J connectivity index is 2.41. The molecular weight excluding hydrogens is 389 g/mol. The summed E-state index contributed by atoms with van der Waals surface area (Å²) in [5.74, 6) is 1.43. The minimum Gasteiger partial charge on any atom is -0.497 e. The van der Waals surface area contributed by atoms with Gasteiger partial charge in [-0.3, -0.25) is 0 Å². The number of rotatable bonds is 4. The molecule has 20 heavy (non-hydrogen) atoms. The molecule has 0 saturated carbocycles. The highest BCUT2D eigenvalue weighted by atomic mass is 127. The Kier molecular flexibility index (Phi) is 5.12. The molecule has 0 heterocycles. The van der Waals surface area contributed by atoms with E-state index in [-0.39, 0.29) is 6.04 Å². The molecule has 3 nitrogen and oxygen atoms in total. The molecule has 0 aliphatic carbocycles. The molecule has 0 fully saturated rings. The van der Waals surface area contributed by atoms with Gasteiger partial charge in [-0.15, -0.1) is 0 Å². The number of benzene rings is 2. The molecule has 0 aromatic heterocycles. The van der Waals surface area contributed by atoms with Crippen molar-refractivity contribution < 1.29 is 9.47 Å². The van der Waals surface area contributed by atoms with Crippen LogP contribution in [0.25, 0.3) is 0 Å². The van der Waals surface area contributed by atoms with Gasteiger partial charge in [-0.05, 0) is 58.0 Å². The molecule has 106 valence electrons. The number of methoxy groups -OCH3 is 2. The first-order chi connectivity index (χ1) is 9.55. The fourth-order valence-electron chi connectivity index (χ4n) is 1.91. The minimum absolute atomic E-state index is 0.284. The van der Waals surface area contributed by atoms with E-state index < -0.39 is 0 Å². The third-order valence-electron chi connectivity index (χ3n) is 3.04. The molecule has 0 radical (unpaired) electrons. The lowest BCUT2D eigenvalue weighted by Gasteiger charge is -2.16. The summed E-state index contributed by atoms with van der Waals surface area (Å²) in [5, 5.41) is 0.702. The van der Waals surface area contributed by atoms with Crippen LogP contribution in [0.5, 0.6) is 11.5 Å².